The first-order valence-electron chi connectivity index (χ1n) is 9.46. The maximum Gasteiger partial charge on any atom is 0.166 e. The molecule has 0 aliphatic heterocycles. The third-order valence-electron chi connectivity index (χ3n) is 4.77. The Morgan fingerprint density at radius 2 is 1.53 bits per heavy atom. The second-order valence-corrected chi connectivity index (χ2v) is 6.78. The molecule has 1 aromatic heterocycles. The van der Waals surface area contributed by atoms with Crippen molar-refractivity contribution in [2.45, 2.75) is 12.8 Å². The highest BCUT2D eigenvalue weighted by Crippen LogP contribution is 2.21. The summed E-state index contributed by atoms with van der Waals surface area (Å²) < 4.78 is 32.2. The van der Waals surface area contributed by atoms with Gasteiger partial charge in [-0.15, -0.1) is 0 Å². The predicted octanol–water partition coefficient (Wildman–Crippen LogP) is 5.10. The van der Waals surface area contributed by atoms with Gasteiger partial charge in [-0.05, 0) is 47.7 Å². The average Bonchev–Trinajstić information content (AvgIpc) is 2.80. The van der Waals surface area contributed by atoms with Crippen molar-refractivity contribution in [2.75, 3.05) is 7.11 Å². The number of rotatable bonds is 4. The summed E-state index contributed by atoms with van der Waals surface area (Å²) in [5.41, 5.74) is 2.79. The number of nitrogens with zero attached hydrogens (tertiary/aromatic N) is 2. The minimum absolute atomic E-state index is 0.255. The predicted molar refractivity (Wildman–Crippen MR) is 112 cm³/mol. The number of hydrogen-bond donors (Lipinski definition) is 0. The molecule has 0 N–H and O–H groups in total. The van der Waals surface area contributed by atoms with Gasteiger partial charge in [0, 0.05) is 22.9 Å². The Morgan fingerprint density at radius 3 is 2.27 bits per heavy atom. The molecule has 0 bridgehead atoms. The van der Waals surface area contributed by atoms with Gasteiger partial charge < -0.3 is 4.74 Å². The van der Waals surface area contributed by atoms with E-state index in [-0.39, 0.29) is 5.39 Å². The van der Waals surface area contributed by atoms with E-state index in [2.05, 4.69) is 21.8 Å². The Balaban J connectivity index is 1.43. The first-order valence-corrected chi connectivity index (χ1v) is 9.46. The lowest BCUT2D eigenvalue weighted by Crippen LogP contribution is -1.98. The zero-order chi connectivity index (χ0) is 20.9. The van der Waals surface area contributed by atoms with Gasteiger partial charge in [-0.1, -0.05) is 36.1 Å². The van der Waals surface area contributed by atoms with Gasteiger partial charge in [0.25, 0.3) is 0 Å². The molecule has 4 rings (SSSR count). The van der Waals surface area contributed by atoms with Crippen LogP contribution in [-0.2, 0) is 12.8 Å². The van der Waals surface area contributed by atoms with Crippen LogP contribution in [0.4, 0.5) is 8.78 Å². The molecule has 3 nitrogen and oxygen atoms in total. The number of ether oxygens (including phenoxy) is 1. The number of aromatic nitrogens is 2. The van der Waals surface area contributed by atoms with Crippen molar-refractivity contribution in [2.24, 2.45) is 0 Å². The molecule has 0 radical (unpaired) electrons. The van der Waals surface area contributed by atoms with Gasteiger partial charge in [0.15, 0.2) is 17.4 Å². The molecule has 0 saturated carbocycles. The van der Waals surface area contributed by atoms with E-state index in [1.165, 1.54) is 5.56 Å². The van der Waals surface area contributed by atoms with Crippen LogP contribution in [0.1, 0.15) is 22.5 Å². The van der Waals surface area contributed by atoms with Crippen LogP contribution in [0.5, 0.6) is 5.75 Å². The minimum Gasteiger partial charge on any atom is -0.494 e. The standard InChI is InChI=1S/C25H18F2N2O/c1-30-21-15-28-24(29-16-21)13-9-18-4-2-17(3-5-18)6-7-19-8-11-22-20(14-19)10-12-23(26)25(22)27/h2-5,8,10-12,14-16H,9,13H2,1H3. The molecule has 1 heterocycles. The van der Waals surface area contributed by atoms with E-state index >= 15 is 0 Å². The summed E-state index contributed by atoms with van der Waals surface area (Å²) in [5, 5.41) is 0.877. The third-order valence-corrected chi connectivity index (χ3v) is 4.77. The Morgan fingerprint density at radius 1 is 0.833 bits per heavy atom. The largest absolute Gasteiger partial charge is 0.494 e. The molecule has 3 aromatic carbocycles. The van der Waals surface area contributed by atoms with Crippen molar-refractivity contribution < 1.29 is 13.5 Å². The van der Waals surface area contributed by atoms with E-state index in [0.717, 1.165) is 35.9 Å². The summed E-state index contributed by atoms with van der Waals surface area (Å²) in [4.78, 5) is 8.55. The summed E-state index contributed by atoms with van der Waals surface area (Å²) in [6.07, 6.45) is 4.90. The van der Waals surface area contributed by atoms with Crippen LogP contribution in [0.15, 0.2) is 67.0 Å². The van der Waals surface area contributed by atoms with Gasteiger partial charge in [0.05, 0.1) is 19.5 Å². The maximum atomic E-state index is 13.8. The highest BCUT2D eigenvalue weighted by Gasteiger charge is 2.06. The van der Waals surface area contributed by atoms with E-state index in [9.17, 15) is 8.78 Å². The van der Waals surface area contributed by atoms with Gasteiger partial charge in [0.1, 0.15) is 5.82 Å². The first-order chi connectivity index (χ1) is 14.6. The molecule has 0 saturated heterocycles. The molecular weight excluding hydrogens is 382 g/mol. The van der Waals surface area contributed by atoms with Crippen LogP contribution < -0.4 is 4.74 Å². The molecule has 30 heavy (non-hydrogen) atoms. The second kappa shape index (κ2) is 8.71. The fraction of sp³-hybridized carbons (Fsp3) is 0.120. The lowest BCUT2D eigenvalue weighted by molar-refractivity contribution is 0.410. The smallest absolute Gasteiger partial charge is 0.166 e. The maximum absolute atomic E-state index is 13.8. The zero-order valence-corrected chi connectivity index (χ0v) is 16.3. The Labute approximate surface area is 173 Å². The highest BCUT2D eigenvalue weighted by atomic mass is 19.2. The van der Waals surface area contributed by atoms with E-state index < -0.39 is 11.6 Å². The fourth-order valence-electron chi connectivity index (χ4n) is 3.08. The van der Waals surface area contributed by atoms with Gasteiger partial charge in [-0.2, -0.15) is 0 Å². The lowest BCUT2D eigenvalue weighted by atomic mass is 10.1. The Kier molecular flexibility index (Phi) is 5.67. The molecule has 0 amide bonds. The van der Waals surface area contributed by atoms with Crippen molar-refractivity contribution in [1.29, 1.82) is 0 Å². The van der Waals surface area contributed by atoms with Crippen molar-refractivity contribution in [1.82, 2.24) is 9.97 Å². The van der Waals surface area contributed by atoms with Crippen molar-refractivity contribution in [3.8, 4) is 17.6 Å². The number of halogens is 2. The summed E-state index contributed by atoms with van der Waals surface area (Å²) in [7, 11) is 1.59. The fourth-order valence-corrected chi connectivity index (χ4v) is 3.08. The van der Waals surface area contributed by atoms with Gasteiger partial charge >= 0.3 is 0 Å². The lowest BCUT2D eigenvalue weighted by Gasteiger charge is -2.03. The van der Waals surface area contributed by atoms with Crippen molar-refractivity contribution in [3.63, 3.8) is 0 Å². The topological polar surface area (TPSA) is 35.0 Å². The second-order valence-electron chi connectivity index (χ2n) is 6.78. The summed E-state index contributed by atoms with van der Waals surface area (Å²) in [6, 6.07) is 15.7. The number of hydrogen-bond acceptors (Lipinski definition) is 3. The van der Waals surface area contributed by atoms with Crippen LogP contribution in [-0.4, -0.2) is 17.1 Å². The SMILES string of the molecule is COc1cnc(CCc2ccc(C#Cc3ccc4c(F)c(F)ccc4c3)cc2)nc1. The molecule has 0 atom stereocenters. The number of methoxy groups -OCH3 is 1. The molecule has 4 aromatic rings. The van der Waals surface area contributed by atoms with Crippen LogP contribution in [0.2, 0.25) is 0 Å². The Bertz CT molecular complexity index is 1240. The van der Waals surface area contributed by atoms with Gasteiger partial charge in [-0.3, -0.25) is 0 Å². The molecule has 148 valence electrons. The van der Waals surface area contributed by atoms with Crippen molar-refractivity contribution >= 4 is 10.8 Å². The zero-order valence-electron chi connectivity index (χ0n) is 16.3. The Hall–Kier alpha value is -3.78. The summed E-state index contributed by atoms with van der Waals surface area (Å²) in [5.74, 6) is 5.92. The van der Waals surface area contributed by atoms with Crippen LogP contribution >= 0.6 is 0 Å². The number of aryl methyl sites for hydroxylation is 2. The van der Waals surface area contributed by atoms with Gasteiger partial charge in [-0.25, -0.2) is 18.7 Å². The quantitative estimate of drug-likeness (QED) is 0.447. The van der Waals surface area contributed by atoms with E-state index in [4.69, 9.17) is 4.74 Å². The number of benzene rings is 3. The van der Waals surface area contributed by atoms with E-state index in [1.807, 2.05) is 24.3 Å². The summed E-state index contributed by atoms with van der Waals surface area (Å²) in [6.45, 7) is 0. The van der Waals surface area contributed by atoms with E-state index in [0.29, 0.717) is 11.1 Å². The van der Waals surface area contributed by atoms with Crippen LogP contribution in [0.25, 0.3) is 10.8 Å². The highest BCUT2D eigenvalue weighted by molar-refractivity contribution is 5.84. The average molecular weight is 400 g/mol. The molecule has 0 aliphatic rings. The van der Waals surface area contributed by atoms with Crippen molar-refractivity contribution in [3.05, 3.63) is 101 Å². The van der Waals surface area contributed by atoms with Crippen LogP contribution in [0.3, 0.4) is 0 Å². The number of fused-ring (bicyclic) bond motifs is 1. The normalized spacial score (nSPS) is 10.5. The third kappa shape index (κ3) is 4.44. The molecule has 0 unspecified atom stereocenters. The van der Waals surface area contributed by atoms with Crippen LogP contribution in [0, 0.1) is 23.5 Å². The molecule has 0 spiro atoms. The van der Waals surface area contributed by atoms with Gasteiger partial charge in [0.2, 0.25) is 0 Å². The minimum atomic E-state index is -0.847. The summed E-state index contributed by atoms with van der Waals surface area (Å²) >= 11 is 0. The molecule has 5 heteroatoms. The molecular formula is C25H18F2N2O. The monoisotopic (exact) mass is 400 g/mol. The first kappa shape index (κ1) is 19.5. The molecule has 0 aliphatic carbocycles. The van der Waals surface area contributed by atoms with E-state index in [1.54, 1.807) is 43.8 Å². The molecule has 0 fully saturated rings.